The van der Waals surface area contributed by atoms with E-state index in [1.54, 1.807) is 0 Å². The summed E-state index contributed by atoms with van der Waals surface area (Å²) in [6, 6.07) is 79.4. The maximum atomic E-state index is 5.15. The minimum absolute atomic E-state index is 0.611. The Balaban J connectivity index is 1.13. The fraction of sp³-hybridized carbons (Fsp3) is 0. The molecule has 290 valence electrons. The van der Waals surface area contributed by atoms with E-state index in [2.05, 4.69) is 173 Å². The molecule has 0 fully saturated rings. The van der Waals surface area contributed by atoms with Crippen molar-refractivity contribution in [3.63, 3.8) is 0 Å². The zero-order valence-corrected chi connectivity index (χ0v) is 33.6. The Hall–Kier alpha value is -8.41. The van der Waals surface area contributed by atoms with E-state index in [4.69, 9.17) is 15.0 Å². The van der Waals surface area contributed by atoms with Crippen molar-refractivity contribution in [2.24, 2.45) is 0 Å². The van der Waals surface area contributed by atoms with Crippen LogP contribution < -0.4 is 0 Å². The third-order valence-electron chi connectivity index (χ3n) is 12.0. The molecule has 0 saturated carbocycles. The molecule has 0 N–H and O–H groups in total. The second-order valence-electron chi connectivity index (χ2n) is 15.6. The molecule has 0 atom stereocenters. The second-order valence-corrected chi connectivity index (χ2v) is 15.6. The van der Waals surface area contributed by atoms with E-state index in [0.717, 1.165) is 55.7 Å². The average molecular weight is 792 g/mol. The maximum absolute atomic E-state index is 5.15. The van der Waals surface area contributed by atoms with Gasteiger partial charge in [0.05, 0.1) is 27.8 Å². The Labute approximate surface area is 358 Å². The lowest BCUT2D eigenvalue weighted by Gasteiger charge is -2.17. The van der Waals surface area contributed by atoms with Crippen LogP contribution >= 0.6 is 0 Å². The zero-order valence-electron chi connectivity index (χ0n) is 33.6. The molecule has 62 heavy (non-hydrogen) atoms. The standard InChI is InChI=1S/C57H37N5/c1-5-18-38(19-6-1)44-34-32-42(57-59-55(40-22-9-3-10-23-40)58-56(60-57)41-24-11-4-12-25-41)36-52(44)62-49-29-15-13-26-46(49)47-35-33-43(37-53(47)62)61-50-30-16-14-27-48(50)54-45(28-17-31-51(54)61)39-20-7-2-8-21-39/h1-37H. The second kappa shape index (κ2) is 14.7. The lowest BCUT2D eigenvalue weighted by molar-refractivity contribution is 1.07. The summed E-state index contributed by atoms with van der Waals surface area (Å²) >= 11 is 0. The molecule has 0 aliphatic rings. The molecule has 0 unspecified atom stereocenters. The van der Waals surface area contributed by atoms with Crippen molar-refractivity contribution in [2.45, 2.75) is 0 Å². The van der Waals surface area contributed by atoms with Crippen molar-refractivity contribution in [3.8, 4) is 67.8 Å². The number of fused-ring (bicyclic) bond motifs is 6. The van der Waals surface area contributed by atoms with Crippen LogP contribution in [0.15, 0.2) is 224 Å². The number of aromatic nitrogens is 5. The molecule has 0 saturated heterocycles. The van der Waals surface area contributed by atoms with E-state index in [0.29, 0.717) is 17.5 Å². The van der Waals surface area contributed by atoms with Crippen LogP contribution in [0.25, 0.3) is 111 Å². The van der Waals surface area contributed by atoms with Crippen LogP contribution in [0, 0.1) is 0 Å². The highest BCUT2D eigenvalue weighted by Crippen LogP contribution is 2.42. The molecule has 3 heterocycles. The highest BCUT2D eigenvalue weighted by molar-refractivity contribution is 6.16. The molecule has 5 heteroatoms. The van der Waals surface area contributed by atoms with Gasteiger partial charge in [-0.2, -0.15) is 0 Å². The predicted molar refractivity (Wildman–Crippen MR) is 256 cm³/mol. The molecule has 0 aliphatic heterocycles. The van der Waals surface area contributed by atoms with Gasteiger partial charge in [0, 0.05) is 49.5 Å². The van der Waals surface area contributed by atoms with E-state index in [1.807, 2.05) is 60.7 Å². The van der Waals surface area contributed by atoms with Gasteiger partial charge in [-0.25, -0.2) is 15.0 Å². The molecule has 12 rings (SSSR count). The Morgan fingerprint density at radius 3 is 1.39 bits per heavy atom. The van der Waals surface area contributed by atoms with Gasteiger partial charge in [-0.1, -0.05) is 188 Å². The van der Waals surface area contributed by atoms with E-state index < -0.39 is 0 Å². The van der Waals surface area contributed by atoms with Gasteiger partial charge in [0.15, 0.2) is 17.5 Å². The van der Waals surface area contributed by atoms with Crippen LogP contribution in [0.2, 0.25) is 0 Å². The lowest BCUT2D eigenvalue weighted by Crippen LogP contribution is -2.02. The molecular formula is C57H37N5. The van der Waals surface area contributed by atoms with E-state index in [9.17, 15) is 0 Å². The summed E-state index contributed by atoms with van der Waals surface area (Å²) in [6.45, 7) is 0. The van der Waals surface area contributed by atoms with Crippen molar-refractivity contribution in [2.75, 3.05) is 0 Å². The summed E-state index contributed by atoms with van der Waals surface area (Å²) in [5.41, 5.74) is 14.1. The smallest absolute Gasteiger partial charge is 0.164 e. The maximum Gasteiger partial charge on any atom is 0.164 e. The van der Waals surface area contributed by atoms with Crippen molar-refractivity contribution >= 4 is 43.6 Å². The van der Waals surface area contributed by atoms with Crippen LogP contribution in [0.1, 0.15) is 0 Å². The Morgan fingerprint density at radius 2 is 0.758 bits per heavy atom. The number of benzene rings is 9. The highest BCUT2D eigenvalue weighted by atomic mass is 15.0. The molecule has 0 radical (unpaired) electrons. The first kappa shape index (κ1) is 35.5. The molecule has 3 aromatic heterocycles. The van der Waals surface area contributed by atoms with Gasteiger partial charge in [-0.3, -0.25) is 0 Å². The third-order valence-corrected chi connectivity index (χ3v) is 12.0. The highest BCUT2D eigenvalue weighted by Gasteiger charge is 2.21. The van der Waals surface area contributed by atoms with Gasteiger partial charge in [0.1, 0.15) is 0 Å². The first-order chi connectivity index (χ1) is 30.8. The molecule has 0 amide bonds. The largest absolute Gasteiger partial charge is 0.309 e. The summed E-state index contributed by atoms with van der Waals surface area (Å²) < 4.78 is 4.86. The van der Waals surface area contributed by atoms with Gasteiger partial charge in [0.2, 0.25) is 0 Å². The van der Waals surface area contributed by atoms with Crippen LogP contribution in [-0.4, -0.2) is 24.1 Å². The minimum atomic E-state index is 0.611. The van der Waals surface area contributed by atoms with Crippen molar-refractivity contribution < 1.29 is 0 Å². The predicted octanol–water partition coefficient (Wildman–Crippen LogP) is 14.4. The van der Waals surface area contributed by atoms with Gasteiger partial charge in [-0.05, 0) is 53.1 Å². The number of hydrogen-bond donors (Lipinski definition) is 0. The number of hydrogen-bond acceptors (Lipinski definition) is 3. The van der Waals surface area contributed by atoms with E-state index >= 15 is 0 Å². The zero-order chi connectivity index (χ0) is 41.0. The fourth-order valence-corrected chi connectivity index (χ4v) is 9.17. The van der Waals surface area contributed by atoms with Crippen LogP contribution in [0.3, 0.4) is 0 Å². The molecule has 5 nitrogen and oxygen atoms in total. The summed E-state index contributed by atoms with van der Waals surface area (Å²) in [4.78, 5) is 15.3. The summed E-state index contributed by atoms with van der Waals surface area (Å²) in [7, 11) is 0. The summed E-state index contributed by atoms with van der Waals surface area (Å²) in [6.07, 6.45) is 0. The molecular weight excluding hydrogens is 755 g/mol. The first-order valence-electron chi connectivity index (χ1n) is 21.0. The monoisotopic (exact) mass is 791 g/mol. The Morgan fingerprint density at radius 1 is 0.274 bits per heavy atom. The average Bonchev–Trinajstić information content (AvgIpc) is 3.87. The van der Waals surface area contributed by atoms with Gasteiger partial charge >= 0.3 is 0 Å². The van der Waals surface area contributed by atoms with Crippen LogP contribution in [0.4, 0.5) is 0 Å². The summed E-state index contributed by atoms with van der Waals surface area (Å²) in [5, 5.41) is 4.84. The molecule has 0 aliphatic carbocycles. The van der Waals surface area contributed by atoms with Gasteiger partial charge < -0.3 is 9.13 Å². The Bertz CT molecular complexity index is 3550. The van der Waals surface area contributed by atoms with Crippen LogP contribution in [-0.2, 0) is 0 Å². The molecule has 0 bridgehead atoms. The van der Waals surface area contributed by atoms with Gasteiger partial charge in [-0.15, -0.1) is 0 Å². The summed E-state index contributed by atoms with van der Waals surface area (Å²) in [5.74, 6) is 1.87. The van der Waals surface area contributed by atoms with Crippen LogP contribution in [0.5, 0.6) is 0 Å². The number of nitrogens with zero attached hydrogens (tertiary/aromatic N) is 5. The molecule has 9 aromatic carbocycles. The third kappa shape index (κ3) is 5.90. The van der Waals surface area contributed by atoms with Gasteiger partial charge in [0.25, 0.3) is 0 Å². The Kier molecular flexibility index (Phi) is 8.42. The van der Waals surface area contributed by atoms with Crippen molar-refractivity contribution in [1.29, 1.82) is 0 Å². The quantitative estimate of drug-likeness (QED) is 0.162. The van der Waals surface area contributed by atoms with E-state index in [1.165, 1.54) is 38.2 Å². The number of para-hydroxylation sites is 2. The molecule has 0 spiro atoms. The SMILES string of the molecule is c1ccc(-c2nc(-c3ccccc3)nc(-c3ccc(-c4ccccc4)c(-n4c5ccccc5c5ccc(-n6c7ccccc7c7c(-c8ccccc8)cccc76)cc54)c3)n2)cc1. The fourth-order valence-electron chi connectivity index (χ4n) is 9.17. The van der Waals surface area contributed by atoms with Crippen molar-refractivity contribution in [1.82, 2.24) is 24.1 Å². The normalized spacial score (nSPS) is 11.5. The topological polar surface area (TPSA) is 48.5 Å². The molecule has 12 aromatic rings. The van der Waals surface area contributed by atoms with E-state index in [-0.39, 0.29) is 0 Å². The lowest BCUT2D eigenvalue weighted by atomic mass is 9.99. The first-order valence-corrected chi connectivity index (χ1v) is 21.0. The minimum Gasteiger partial charge on any atom is -0.309 e. The van der Waals surface area contributed by atoms with Crippen molar-refractivity contribution in [3.05, 3.63) is 224 Å². The number of rotatable bonds is 7.